The van der Waals surface area contributed by atoms with Crippen molar-refractivity contribution in [3.63, 3.8) is 0 Å². The predicted molar refractivity (Wildman–Crippen MR) is 77.3 cm³/mol. The first-order valence-electron chi connectivity index (χ1n) is 6.13. The van der Waals surface area contributed by atoms with Crippen LogP contribution in [0.5, 0.6) is 0 Å². The van der Waals surface area contributed by atoms with Crippen LogP contribution < -0.4 is 11.4 Å². The van der Waals surface area contributed by atoms with E-state index in [0.29, 0.717) is 5.52 Å². The highest BCUT2D eigenvalue weighted by Crippen LogP contribution is 2.16. The highest BCUT2D eigenvalue weighted by molar-refractivity contribution is 6.30. The Balaban J connectivity index is 2.21. The minimum absolute atomic E-state index is 0.0495. The first-order valence-corrected chi connectivity index (χ1v) is 6.50. The molecule has 106 valence electrons. The number of hydrogen-bond acceptors (Lipinski definition) is 3. The summed E-state index contributed by atoms with van der Waals surface area (Å²) in [6.07, 6.45) is 0. The van der Waals surface area contributed by atoms with Crippen LogP contribution >= 0.6 is 11.6 Å². The number of benzene rings is 2. The number of rotatable bonds is 2. The topological polar surface area (TPSA) is 52.2 Å². The van der Waals surface area contributed by atoms with Crippen LogP contribution in [0.4, 0.5) is 4.39 Å². The molecular formula is C15H9ClFNO3. The molecule has 21 heavy (non-hydrogen) atoms. The maximum atomic E-state index is 13.9. The quantitative estimate of drug-likeness (QED) is 0.731. The normalized spacial score (nSPS) is 11.0. The zero-order valence-electron chi connectivity index (χ0n) is 10.7. The molecule has 3 rings (SSSR count). The van der Waals surface area contributed by atoms with Crippen molar-refractivity contribution in [3.8, 4) is 0 Å². The summed E-state index contributed by atoms with van der Waals surface area (Å²) in [5.74, 6) is -1.35. The van der Waals surface area contributed by atoms with E-state index in [1.165, 1.54) is 22.8 Å². The van der Waals surface area contributed by atoms with Gasteiger partial charge in [0.2, 0.25) is 0 Å². The minimum Gasteiger partial charge on any atom is -0.372 e. The lowest BCUT2D eigenvalue weighted by Gasteiger charge is -2.09. The Labute approximate surface area is 123 Å². The van der Waals surface area contributed by atoms with Crippen LogP contribution in [0, 0.1) is 5.82 Å². The summed E-state index contributed by atoms with van der Waals surface area (Å²) in [4.78, 5) is 23.5. The second kappa shape index (κ2) is 5.18. The average molecular weight is 306 g/mol. The van der Waals surface area contributed by atoms with Crippen LogP contribution in [0.3, 0.4) is 0 Å². The van der Waals surface area contributed by atoms with Crippen LogP contribution in [0.15, 0.2) is 56.5 Å². The monoisotopic (exact) mass is 305 g/mol. The van der Waals surface area contributed by atoms with Crippen molar-refractivity contribution in [1.29, 1.82) is 0 Å². The number of fused-ring (bicyclic) bond motifs is 1. The molecule has 0 atom stereocenters. The van der Waals surface area contributed by atoms with E-state index in [-0.39, 0.29) is 22.5 Å². The molecule has 0 aliphatic heterocycles. The summed E-state index contributed by atoms with van der Waals surface area (Å²) >= 11 is 5.70. The van der Waals surface area contributed by atoms with Gasteiger partial charge in [-0.3, -0.25) is 4.57 Å². The van der Waals surface area contributed by atoms with Gasteiger partial charge in [-0.05, 0) is 24.3 Å². The second-order valence-corrected chi connectivity index (χ2v) is 4.93. The van der Waals surface area contributed by atoms with Gasteiger partial charge in [0.25, 0.3) is 0 Å². The number of nitrogens with zero attached hydrogens (tertiary/aromatic N) is 1. The van der Waals surface area contributed by atoms with Gasteiger partial charge >= 0.3 is 11.4 Å². The van der Waals surface area contributed by atoms with E-state index >= 15 is 0 Å². The molecule has 0 N–H and O–H groups in total. The lowest BCUT2D eigenvalue weighted by molar-refractivity contribution is 0.423. The SMILES string of the molecule is O=c1oc(=O)n(Cc2ccc(Cl)cc2F)c2ccccc12. The van der Waals surface area contributed by atoms with Gasteiger partial charge in [-0.1, -0.05) is 29.8 Å². The number of hydrogen-bond donors (Lipinski definition) is 0. The van der Waals surface area contributed by atoms with Crippen molar-refractivity contribution in [2.75, 3.05) is 0 Å². The van der Waals surface area contributed by atoms with E-state index < -0.39 is 17.2 Å². The third kappa shape index (κ3) is 2.48. The molecule has 0 amide bonds. The number of aromatic nitrogens is 1. The zero-order valence-corrected chi connectivity index (χ0v) is 11.4. The summed E-state index contributed by atoms with van der Waals surface area (Å²) in [7, 11) is 0. The Morgan fingerprint density at radius 1 is 1.14 bits per heavy atom. The molecule has 0 unspecified atom stereocenters. The molecule has 4 nitrogen and oxygen atoms in total. The fourth-order valence-electron chi connectivity index (χ4n) is 2.14. The van der Waals surface area contributed by atoms with Crippen LogP contribution in [-0.4, -0.2) is 4.57 Å². The van der Waals surface area contributed by atoms with E-state index in [0.717, 1.165) is 0 Å². The lowest BCUT2D eigenvalue weighted by Crippen LogP contribution is -2.25. The summed E-state index contributed by atoms with van der Waals surface area (Å²) in [6.45, 7) is -0.0495. The van der Waals surface area contributed by atoms with Gasteiger partial charge in [0, 0.05) is 10.6 Å². The van der Waals surface area contributed by atoms with Crippen LogP contribution in [0.1, 0.15) is 5.56 Å². The molecule has 2 aromatic carbocycles. The Morgan fingerprint density at radius 3 is 2.67 bits per heavy atom. The molecule has 0 spiro atoms. The number of halogens is 2. The second-order valence-electron chi connectivity index (χ2n) is 4.49. The van der Waals surface area contributed by atoms with E-state index in [1.807, 2.05) is 0 Å². The summed E-state index contributed by atoms with van der Waals surface area (Å²) in [6, 6.07) is 10.7. The summed E-state index contributed by atoms with van der Waals surface area (Å²) in [5.41, 5.74) is -0.0305. The van der Waals surface area contributed by atoms with Crippen molar-refractivity contribution in [1.82, 2.24) is 4.57 Å². The van der Waals surface area contributed by atoms with E-state index in [4.69, 9.17) is 11.6 Å². The van der Waals surface area contributed by atoms with Crippen molar-refractivity contribution < 1.29 is 8.81 Å². The fourth-order valence-corrected chi connectivity index (χ4v) is 2.30. The van der Waals surface area contributed by atoms with Crippen LogP contribution in [0.25, 0.3) is 10.9 Å². The third-order valence-electron chi connectivity index (χ3n) is 3.16. The molecule has 6 heteroatoms. The van der Waals surface area contributed by atoms with Crippen molar-refractivity contribution >= 4 is 22.5 Å². The maximum absolute atomic E-state index is 13.9. The Hall–Kier alpha value is -2.40. The Kier molecular flexibility index (Phi) is 3.35. The van der Waals surface area contributed by atoms with Gasteiger partial charge < -0.3 is 4.42 Å². The molecule has 0 radical (unpaired) electrons. The van der Waals surface area contributed by atoms with E-state index in [1.54, 1.807) is 24.3 Å². The molecule has 0 bridgehead atoms. The fraction of sp³-hybridized carbons (Fsp3) is 0.0667. The zero-order chi connectivity index (χ0) is 15.0. The molecule has 0 fully saturated rings. The standard InChI is InChI=1S/C15H9ClFNO3/c16-10-6-5-9(12(17)7-10)8-18-13-4-2-1-3-11(13)14(19)21-15(18)20/h1-7H,8H2. The summed E-state index contributed by atoms with van der Waals surface area (Å²) < 4.78 is 19.7. The molecular weight excluding hydrogens is 297 g/mol. The molecule has 1 heterocycles. The molecule has 0 aliphatic rings. The largest absolute Gasteiger partial charge is 0.422 e. The average Bonchev–Trinajstić information content (AvgIpc) is 2.45. The van der Waals surface area contributed by atoms with Crippen molar-refractivity contribution in [3.05, 3.63) is 79.8 Å². The minimum atomic E-state index is -0.826. The first kappa shape index (κ1) is 13.6. The van der Waals surface area contributed by atoms with E-state index in [2.05, 4.69) is 4.42 Å². The Morgan fingerprint density at radius 2 is 1.90 bits per heavy atom. The van der Waals surface area contributed by atoms with Crippen LogP contribution in [-0.2, 0) is 6.54 Å². The highest BCUT2D eigenvalue weighted by Gasteiger charge is 2.11. The molecule has 0 saturated heterocycles. The van der Waals surface area contributed by atoms with E-state index in [9.17, 15) is 14.0 Å². The summed E-state index contributed by atoms with van der Waals surface area (Å²) in [5, 5.41) is 0.541. The molecule has 1 aromatic heterocycles. The van der Waals surface area contributed by atoms with Gasteiger partial charge in [-0.2, -0.15) is 0 Å². The molecule has 0 aliphatic carbocycles. The first-order chi connectivity index (χ1) is 10.1. The van der Waals surface area contributed by atoms with Crippen molar-refractivity contribution in [2.45, 2.75) is 6.54 Å². The van der Waals surface area contributed by atoms with Crippen molar-refractivity contribution in [2.24, 2.45) is 0 Å². The van der Waals surface area contributed by atoms with Gasteiger partial charge in [0.05, 0.1) is 17.4 Å². The lowest BCUT2D eigenvalue weighted by atomic mass is 10.2. The van der Waals surface area contributed by atoms with Gasteiger partial charge in [0.15, 0.2) is 0 Å². The predicted octanol–water partition coefficient (Wildman–Crippen LogP) is 2.80. The van der Waals surface area contributed by atoms with Gasteiger partial charge in [-0.25, -0.2) is 14.0 Å². The van der Waals surface area contributed by atoms with Crippen LogP contribution in [0.2, 0.25) is 5.02 Å². The number of para-hydroxylation sites is 1. The molecule has 3 aromatic rings. The smallest absolute Gasteiger partial charge is 0.372 e. The molecule has 0 saturated carbocycles. The maximum Gasteiger partial charge on any atom is 0.422 e. The van der Waals surface area contributed by atoms with Gasteiger partial charge in [-0.15, -0.1) is 0 Å². The van der Waals surface area contributed by atoms with Gasteiger partial charge in [0.1, 0.15) is 5.82 Å². The Bertz CT molecular complexity index is 946. The third-order valence-corrected chi connectivity index (χ3v) is 3.39. The highest BCUT2D eigenvalue weighted by atomic mass is 35.5.